The Bertz CT molecular complexity index is 561. The third-order valence-electron chi connectivity index (χ3n) is 2.62. The molecule has 0 radical (unpaired) electrons. The highest BCUT2D eigenvalue weighted by Gasteiger charge is 2.38. The summed E-state index contributed by atoms with van der Waals surface area (Å²) in [6, 6.07) is 3.95. The van der Waals surface area contributed by atoms with Crippen molar-refractivity contribution in [2.45, 2.75) is 13.1 Å². The van der Waals surface area contributed by atoms with Crippen molar-refractivity contribution in [1.82, 2.24) is 10.3 Å². The highest BCUT2D eigenvalue weighted by molar-refractivity contribution is 5.97. The average molecular weight is 265 g/mol. The zero-order chi connectivity index (χ0) is 14.2. The van der Waals surface area contributed by atoms with E-state index in [1.54, 1.807) is 6.92 Å². The number of nitrogens with one attached hydrogen (secondary N) is 1. The number of rotatable bonds is 2. The number of anilines is 1. The van der Waals surface area contributed by atoms with Crippen molar-refractivity contribution in [2.75, 3.05) is 5.01 Å². The fourth-order valence-electron chi connectivity index (χ4n) is 1.84. The summed E-state index contributed by atoms with van der Waals surface area (Å²) in [7, 11) is 0. The minimum atomic E-state index is -0.836. The van der Waals surface area contributed by atoms with Crippen molar-refractivity contribution in [2.24, 2.45) is 5.73 Å². The van der Waals surface area contributed by atoms with Crippen LogP contribution in [-0.2, 0) is 0 Å². The van der Waals surface area contributed by atoms with Crippen LogP contribution >= 0.6 is 0 Å². The molecule has 1 aliphatic heterocycles. The number of benzene rings is 1. The minimum absolute atomic E-state index is 0.186. The van der Waals surface area contributed by atoms with E-state index in [-0.39, 0.29) is 11.4 Å². The summed E-state index contributed by atoms with van der Waals surface area (Å²) in [5.74, 6) is 0. The van der Waals surface area contributed by atoms with Gasteiger partial charge in [-0.15, -0.1) is 0 Å². The summed E-state index contributed by atoms with van der Waals surface area (Å²) in [5, 5.41) is 15.2. The van der Waals surface area contributed by atoms with Gasteiger partial charge < -0.3 is 11.1 Å². The maximum Gasteiger partial charge on any atom is 0.342 e. The minimum Gasteiger partial charge on any atom is -0.350 e. The van der Waals surface area contributed by atoms with Gasteiger partial charge in [0.05, 0.1) is 10.6 Å². The number of primary amides is 1. The molecular weight excluding hydrogens is 254 g/mol. The smallest absolute Gasteiger partial charge is 0.342 e. The van der Waals surface area contributed by atoms with E-state index in [4.69, 9.17) is 5.73 Å². The Hall–Kier alpha value is -2.84. The lowest BCUT2D eigenvalue weighted by atomic mass is 10.3. The van der Waals surface area contributed by atoms with Gasteiger partial charge in [-0.25, -0.2) is 14.6 Å². The molecule has 1 saturated heterocycles. The van der Waals surface area contributed by atoms with Gasteiger partial charge in [-0.1, -0.05) is 6.07 Å². The third kappa shape index (κ3) is 2.12. The Labute approximate surface area is 107 Å². The van der Waals surface area contributed by atoms with Gasteiger partial charge in [-0.05, 0) is 13.0 Å². The summed E-state index contributed by atoms with van der Waals surface area (Å²) in [4.78, 5) is 33.2. The normalized spacial score (nSPS) is 18.4. The van der Waals surface area contributed by atoms with Crippen LogP contribution in [0.3, 0.4) is 0 Å². The summed E-state index contributed by atoms with van der Waals surface area (Å²) in [5.41, 5.74) is 5.20. The van der Waals surface area contributed by atoms with Gasteiger partial charge in [0.1, 0.15) is 6.17 Å². The molecule has 1 aromatic carbocycles. The molecule has 0 bridgehead atoms. The molecular formula is C10H11N5O4. The number of carbonyl (C=O) groups is 2. The maximum absolute atomic E-state index is 11.8. The van der Waals surface area contributed by atoms with E-state index in [1.807, 2.05) is 0 Å². The average Bonchev–Trinajstić information content (AvgIpc) is 2.64. The van der Waals surface area contributed by atoms with Crippen LogP contribution in [0.2, 0.25) is 0 Å². The molecule has 0 saturated carbocycles. The predicted molar refractivity (Wildman–Crippen MR) is 65.0 cm³/mol. The van der Waals surface area contributed by atoms with Crippen LogP contribution in [0, 0.1) is 10.1 Å². The number of urea groups is 2. The molecule has 9 nitrogen and oxygen atoms in total. The highest BCUT2D eigenvalue weighted by Crippen LogP contribution is 2.25. The monoisotopic (exact) mass is 265 g/mol. The molecule has 0 spiro atoms. The van der Waals surface area contributed by atoms with Crippen LogP contribution in [0.15, 0.2) is 24.3 Å². The van der Waals surface area contributed by atoms with Crippen molar-refractivity contribution in [3.05, 3.63) is 34.4 Å². The van der Waals surface area contributed by atoms with Crippen molar-refractivity contribution in [3.8, 4) is 0 Å². The molecule has 3 N–H and O–H groups in total. The van der Waals surface area contributed by atoms with Crippen molar-refractivity contribution >= 4 is 23.4 Å². The van der Waals surface area contributed by atoms with Gasteiger partial charge in [0.2, 0.25) is 0 Å². The molecule has 9 heteroatoms. The molecule has 1 heterocycles. The van der Waals surface area contributed by atoms with Crippen molar-refractivity contribution < 1.29 is 14.5 Å². The number of carbonyl (C=O) groups excluding carboxylic acids is 2. The molecule has 4 amide bonds. The fraction of sp³-hybridized carbons (Fsp3) is 0.200. The second-order valence-electron chi connectivity index (χ2n) is 3.90. The topological polar surface area (TPSA) is 122 Å². The first kappa shape index (κ1) is 12.6. The number of hydrazine groups is 1. The molecule has 1 aromatic rings. The molecule has 1 atom stereocenters. The van der Waals surface area contributed by atoms with Crippen LogP contribution in [0.4, 0.5) is 21.0 Å². The predicted octanol–water partition coefficient (Wildman–Crippen LogP) is 0.766. The summed E-state index contributed by atoms with van der Waals surface area (Å²) < 4.78 is 0. The van der Waals surface area contributed by atoms with Gasteiger partial charge in [-0.2, -0.15) is 5.01 Å². The largest absolute Gasteiger partial charge is 0.350 e. The number of nitrogens with two attached hydrogens (primary N) is 1. The third-order valence-corrected chi connectivity index (χ3v) is 2.62. The standard InChI is InChI=1S/C10H11N5O4/c1-6-12-10(17)14(13(6)9(11)16)7-3-2-4-8(5-7)15(18)19/h2-6H,1H3,(H2,11,16)(H,12,17). The van der Waals surface area contributed by atoms with Crippen LogP contribution in [0.25, 0.3) is 0 Å². The van der Waals surface area contributed by atoms with Gasteiger partial charge in [0.25, 0.3) is 5.69 Å². The summed E-state index contributed by atoms with van der Waals surface area (Å²) in [6.45, 7) is 1.57. The second-order valence-corrected chi connectivity index (χ2v) is 3.90. The number of hydrogen-bond acceptors (Lipinski definition) is 4. The number of hydrogen-bond donors (Lipinski definition) is 2. The molecule has 1 fully saturated rings. The number of amides is 4. The molecule has 19 heavy (non-hydrogen) atoms. The van der Waals surface area contributed by atoms with E-state index >= 15 is 0 Å². The van der Waals surface area contributed by atoms with E-state index in [9.17, 15) is 19.7 Å². The molecule has 0 aromatic heterocycles. The lowest BCUT2D eigenvalue weighted by molar-refractivity contribution is -0.384. The van der Waals surface area contributed by atoms with Crippen molar-refractivity contribution in [1.29, 1.82) is 0 Å². The zero-order valence-corrected chi connectivity index (χ0v) is 9.94. The maximum atomic E-state index is 11.8. The fourth-order valence-corrected chi connectivity index (χ4v) is 1.84. The van der Waals surface area contributed by atoms with Gasteiger partial charge >= 0.3 is 12.1 Å². The first-order valence-electron chi connectivity index (χ1n) is 5.35. The van der Waals surface area contributed by atoms with Crippen LogP contribution in [-0.4, -0.2) is 28.2 Å². The number of nitrogens with zero attached hydrogens (tertiary/aromatic N) is 3. The quantitative estimate of drug-likeness (QED) is 0.605. The Balaban J connectivity index is 2.44. The Morgan fingerprint density at radius 2 is 2.21 bits per heavy atom. The van der Waals surface area contributed by atoms with E-state index in [1.165, 1.54) is 24.3 Å². The van der Waals surface area contributed by atoms with Crippen LogP contribution < -0.4 is 16.1 Å². The Morgan fingerprint density at radius 3 is 2.79 bits per heavy atom. The van der Waals surface area contributed by atoms with Gasteiger partial charge in [0, 0.05) is 12.1 Å². The molecule has 1 aliphatic rings. The Morgan fingerprint density at radius 1 is 1.53 bits per heavy atom. The van der Waals surface area contributed by atoms with E-state index in [0.29, 0.717) is 0 Å². The first-order chi connectivity index (χ1) is 8.91. The molecule has 2 rings (SSSR count). The highest BCUT2D eigenvalue weighted by atomic mass is 16.6. The number of non-ortho nitro benzene ring substituents is 1. The number of nitro benzene ring substituents is 1. The lowest BCUT2D eigenvalue weighted by Crippen LogP contribution is -2.48. The Kier molecular flexibility index (Phi) is 2.95. The van der Waals surface area contributed by atoms with Crippen LogP contribution in [0.5, 0.6) is 0 Å². The summed E-state index contributed by atoms with van der Waals surface area (Å²) in [6.07, 6.45) is -0.621. The molecule has 0 aliphatic carbocycles. The van der Waals surface area contributed by atoms with Gasteiger partial charge in [-0.3, -0.25) is 10.1 Å². The first-order valence-corrected chi connectivity index (χ1v) is 5.35. The zero-order valence-electron chi connectivity index (χ0n) is 9.94. The van der Waals surface area contributed by atoms with E-state index < -0.39 is 23.2 Å². The number of nitro groups is 1. The van der Waals surface area contributed by atoms with Crippen LogP contribution in [0.1, 0.15) is 6.92 Å². The van der Waals surface area contributed by atoms with E-state index in [0.717, 1.165) is 10.0 Å². The van der Waals surface area contributed by atoms with Crippen molar-refractivity contribution in [3.63, 3.8) is 0 Å². The molecule has 1 unspecified atom stereocenters. The molecule has 100 valence electrons. The summed E-state index contributed by atoms with van der Waals surface area (Å²) >= 11 is 0. The lowest BCUT2D eigenvalue weighted by Gasteiger charge is -2.26. The second kappa shape index (κ2) is 4.44. The van der Waals surface area contributed by atoms with E-state index in [2.05, 4.69) is 5.32 Å². The SMILES string of the molecule is CC1NC(=O)N(c2cccc([N+](=O)[O-])c2)N1C(N)=O. The van der Waals surface area contributed by atoms with Gasteiger partial charge in [0.15, 0.2) is 0 Å².